The molecule has 0 spiro atoms. The molecule has 2 aromatic rings. The molecule has 0 aromatic heterocycles. The lowest BCUT2D eigenvalue weighted by molar-refractivity contribution is 0.102. The quantitative estimate of drug-likeness (QED) is 0.822. The number of carbonyl (C=O) groups excluding carboxylic acids is 1. The van der Waals surface area contributed by atoms with E-state index in [1.54, 1.807) is 30.3 Å². The summed E-state index contributed by atoms with van der Waals surface area (Å²) in [4.78, 5) is 12.6. The molecule has 1 aliphatic heterocycles. The molecule has 144 valence electrons. The van der Waals surface area contributed by atoms with Gasteiger partial charge in [-0.2, -0.15) is 0 Å². The molecule has 6 nitrogen and oxygen atoms in total. The third kappa shape index (κ3) is 4.08. The SMILES string of the molecule is CCCS(=O)(=O)N1CCCc2ccc(NC(=O)c3ccccc3OC)cc21. The minimum atomic E-state index is -3.35. The number of fused-ring (bicyclic) bond motifs is 1. The smallest absolute Gasteiger partial charge is 0.259 e. The molecule has 0 aliphatic carbocycles. The Bertz CT molecular complexity index is 941. The fourth-order valence-corrected chi connectivity index (χ4v) is 4.92. The summed E-state index contributed by atoms with van der Waals surface area (Å²) < 4.78 is 31.9. The van der Waals surface area contributed by atoms with Crippen LogP contribution in [0.5, 0.6) is 5.75 Å². The largest absolute Gasteiger partial charge is 0.496 e. The minimum absolute atomic E-state index is 0.115. The Morgan fingerprint density at radius 1 is 1.22 bits per heavy atom. The third-order valence-corrected chi connectivity index (χ3v) is 6.54. The lowest BCUT2D eigenvalue weighted by atomic mass is 10.0. The number of amides is 1. The van der Waals surface area contributed by atoms with Crippen LogP contribution in [0.15, 0.2) is 42.5 Å². The van der Waals surface area contributed by atoms with Crippen LogP contribution in [-0.2, 0) is 16.4 Å². The number of para-hydroxylation sites is 1. The van der Waals surface area contributed by atoms with E-state index >= 15 is 0 Å². The second kappa shape index (κ2) is 8.00. The van der Waals surface area contributed by atoms with E-state index in [2.05, 4.69) is 5.32 Å². The highest BCUT2D eigenvalue weighted by Crippen LogP contribution is 2.32. The van der Waals surface area contributed by atoms with Crippen molar-refractivity contribution in [2.45, 2.75) is 26.2 Å². The van der Waals surface area contributed by atoms with E-state index in [4.69, 9.17) is 4.74 Å². The van der Waals surface area contributed by atoms with E-state index in [0.717, 1.165) is 18.4 Å². The van der Waals surface area contributed by atoms with Crippen LogP contribution < -0.4 is 14.4 Å². The van der Waals surface area contributed by atoms with Crippen molar-refractivity contribution in [1.82, 2.24) is 0 Å². The predicted octanol–water partition coefficient (Wildman–Crippen LogP) is 3.44. The van der Waals surface area contributed by atoms with Crippen LogP contribution in [0, 0.1) is 0 Å². The highest BCUT2D eigenvalue weighted by Gasteiger charge is 2.27. The number of hydrogen-bond acceptors (Lipinski definition) is 4. The van der Waals surface area contributed by atoms with Crippen LogP contribution in [0.4, 0.5) is 11.4 Å². The van der Waals surface area contributed by atoms with Gasteiger partial charge in [-0.3, -0.25) is 9.10 Å². The molecule has 0 atom stereocenters. The highest BCUT2D eigenvalue weighted by molar-refractivity contribution is 7.92. The molecule has 1 heterocycles. The Hall–Kier alpha value is -2.54. The molecule has 0 saturated heterocycles. The Labute approximate surface area is 160 Å². The van der Waals surface area contributed by atoms with Crippen molar-refractivity contribution in [2.75, 3.05) is 29.0 Å². The average Bonchev–Trinajstić information content (AvgIpc) is 2.67. The molecule has 3 rings (SSSR count). The molecule has 0 bridgehead atoms. The van der Waals surface area contributed by atoms with Gasteiger partial charge in [0, 0.05) is 12.2 Å². The lowest BCUT2D eigenvalue weighted by Crippen LogP contribution is -2.37. The van der Waals surface area contributed by atoms with E-state index in [1.165, 1.54) is 11.4 Å². The van der Waals surface area contributed by atoms with E-state index in [0.29, 0.717) is 35.7 Å². The van der Waals surface area contributed by atoms with Crippen molar-refractivity contribution in [2.24, 2.45) is 0 Å². The maximum absolute atomic E-state index is 12.6. The number of rotatable bonds is 6. The van der Waals surface area contributed by atoms with Crippen molar-refractivity contribution in [1.29, 1.82) is 0 Å². The summed E-state index contributed by atoms with van der Waals surface area (Å²) in [6.45, 7) is 2.32. The van der Waals surface area contributed by atoms with Gasteiger partial charge in [-0.15, -0.1) is 0 Å². The van der Waals surface area contributed by atoms with E-state index in [-0.39, 0.29) is 11.7 Å². The topological polar surface area (TPSA) is 75.7 Å². The van der Waals surface area contributed by atoms with Crippen LogP contribution in [-0.4, -0.2) is 33.7 Å². The van der Waals surface area contributed by atoms with Crippen molar-refractivity contribution in [3.63, 3.8) is 0 Å². The second-order valence-corrected chi connectivity index (χ2v) is 8.50. The van der Waals surface area contributed by atoms with Gasteiger partial charge in [0.15, 0.2) is 0 Å². The van der Waals surface area contributed by atoms with Gasteiger partial charge in [-0.25, -0.2) is 8.42 Å². The summed E-state index contributed by atoms with van der Waals surface area (Å²) >= 11 is 0. The molecule has 0 fully saturated rings. The number of methoxy groups -OCH3 is 1. The van der Waals surface area contributed by atoms with Gasteiger partial charge in [0.2, 0.25) is 10.0 Å². The van der Waals surface area contributed by atoms with Gasteiger partial charge in [0.1, 0.15) is 5.75 Å². The Morgan fingerprint density at radius 3 is 2.74 bits per heavy atom. The minimum Gasteiger partial charge on any atom is -0.496 e. The summed E-state index contributed by atoms with van der Waals surface area (Å²) in [6, 6.07) is 12.4. The normalized spacial score (nSPS) is 13.8. The van der Waals surface area contributed by atoms with Gasteiger partial charge < -0.3 is 10.1 Å². The third-order valence-electron chi connectivity index (χ3n) is 4.57. The number of sulfonamides is 1. The number of nitrogens with zero attached hydrogens (tertiary/aromatic N) is 1. The standard InChI is InChI=1S/C20H24N2O4S/c1-3-13-27(24,25)22-12-6-7-15-10-11-16(14-18(15)22)21-20(23)17-8-4-5-9-19(17)26-2/h4-5,8-11,14H,3,6-7,12-13H2,1-2H3,(H,21,23). The molecule has 1 amide bonds. The first-order valence-electron chi connectivity index (χ1n) is 9.04. The number of hydrogen-bond donors (Lipinski definition) is 1. The van der Waals surface area contributed by atoms with Gasteiger partial charge in [-0.05, 0) is 49.1 Å². The Balaban J connectivity index is 1.90. The zero-order valence-corrected chi connectivity index (χ0v) is 16.4. The Morgan fingerprint density at radius 2 is 2.00 bits per heavy atom. The molecule has 1 N–H and O–H groups in total. The molecular formula is C20H24N2O4S. The maximum Gasteiger partial charge on any atom is 0.259 e. The molecular weight excluding hydrogens is 364 g/mol. The maximum atomic E-state index is 12.6. The first-order chi connectivity index (χ1) is 13.0. The Kier molecular flexibility index (Phi) is 5.70. The van der Waals surface area contributed by atoms with Crippen LogP contribution in [0.1, 0.15) is 35.7 Å². The first-order valence-corrected chi connectivity index (χ1v) is 10.6. The summed E-state index contributed by atoms with van der Waals surface area (Å²) in [5.41, 5.74) is 2.63. The number of ether oxygens (including phenoxy) is 1. The summed E-state index contributed by atoms with van der Waals surface area (Å²) in [6.07, 6.45) is 2.19. The number of nitrogens with one attached hydrogen (secondary N) is 1. The summed E-state index contributed by atoms with van der Waals surface area (Å²) in [5.74, 6) is 0.302. The van der Waals surface area contributed by atoms with Gasteiger partial charge in [-0.1, -0.05) is 25.1 Å². The van der Waals surface area contributed by atoms with Crippen LogP contribution >= 0.6 is 0 Å². The number of anilines is 2. The van der Waals surface area contributed by atoms with Crippen molar-refractivity contribution >= 4 is 27.3 Å². The molecule has 0 saturated carbocycles. The fraction of sp³-hybridized carbons (Fsp3) is 0.350. The highest BCUT2D eigenvalue weighted by atomic mass is 32.2. The number of aryl methyl sites for hydroxylation is 1. The molecule has 0 radical (unpaired) electrons. The number of carbonyl (C=O) groups is 1. The molecule has 2 aromatic carbocycles. The molecule has 1 aliphatic rings. The van der Waals surface area contributed by atoms with E-state index in [1.807, 2.05) is 19.1 Å². The predicted molar refractivity (Wildman–Crippen MR) is 107 cm³/mol. The van der Waals surface area contributed by atoms with Crippen molar-refractivity contribution < 1.29 is 17.9 Å². The van der Waals surface area contributed by atoms with E-state index in [9.17, 15) is 13.2 Å². The average molecular weight is 388 g/mol. The molecule has 0 unspecified atom stereocenters. The van der Waals surface area contributed by atoms with Gasteiger partial charge in [0.25, 0.3) is 5.91 Å². The van der Waals surface area contributed by atoms with E-state index < -0.39 is 10.0 Å². The van der Waals surface area contributed by atoms with Crippen molar-refractivity contribution in [3.05, 3.63) is 53.6 Å². The van der Waals surface area contributed by atoms with Crippen LogP contribution in [0.25, 0.3) is 0 Å². The first kappa shape index (κ1) is 19.2. The monoisotopic (exact) mass is 388 g/mol. The van der Waals surface area contributed by atoms with Crippen molar-refractivity contribution in [3.8, 4) is 5.75 Å². The molecule has 27 heavy (non-hydrogen) atoms. The van der Waals surface area contributed by atoms with Gasteiger partial charge >= 0.3 is 0 Å². The lowest BCUT2D eigenvalue weighted by Gasteiger charge is -2.31. The fourth-order valence-electron chi connectivity index (χ4n) is 3.31. The summed E-state index contributed by atoms with van der Waals surface area (Å²) in [5, 5.41) is 2.85. The zero-order chi connectivity index (χ0) is 19.4. The molecule has 7 heteroatoms. The number of benzene rings is 2. The zero-order valence-electron chi connectivity index (χ0n) is 15.6. The van der Waals surface area contributed by atoms with Crippen LogP contribution in [0.3, 0.4) is 0 Å². The second-order valence-electron chi connectivity index (χ2n) is 6.49. The van der Waals surface area contributed by atoms with Gasteiger partial charge in [0.05, 0.1) is 24.1 Å². The van der Waals surface area contributed by atoms with Crippen LogP contribution in [0.2, 0.25) is 0 Å². The summed E-state index contributed by atoms with van der Waals surface area (Å²) in [7, 11) is -1.84.